The molecule has 0 radical (unpaired) electrons. The molecule has 0 spiro atoms. The minimum atomic E-state index is -1.29. The van der Waals surface area contributed by atoms with Crippen LogP contribution < -0.4 is 10.9 Å². The van der Waals surface area contributed by atoms with Gasteiger partial charge < -0.3 is 25.1 Å². The minimum Gasteiger partial charge on any atom is -0.481 e. The summed E-state index contributed by atoms with van der Waals surface area (Å²) in [6.45, 7) is 2.22. The van der Waals surface area contributed by atoms with Crippen LogP contribution in [-0.2, 0) is 16.1 Å². The highest BCUT2D eigenvalue weighted by Gasteiger charge is 2.22. The van der Waals surface area contributed by atoms with E-state index in [-0.39, 0.29) is 24.0 Å². The molecule has 0 aliphatic heterocycles. The number of hydrogen-bond acceptors (Lipinski definition) is 5. The summed E-state index contributed by atoms with van der Waals surface area (Å²) in [7, 11) is 0. The number of aryl methyl sites for hydroxylation is 1. The number of nitrogens with zero attached hydrogens (tertiary/aromatic N) is 2. The molecule has 4 rings (SSSR count). The first-order valence-electron chi connectivity index (χ1n) is 10.5. The maximum Gasteiger partial charge on any atom is 0.326 e. The fraction of sp³-hybridized carbons (Fsp3) is 0.208. The second-order valence-electron chi connectivity index (χ2n) is 8.02. The van der Waals surface area contributed by atoms with E-state index in [1.54, 1.807) is 31.2 Å². The van der Waals surface area contributed by atoms with Crippen molar-refractivity contribution < 1.29 is 24.6 Å². The molecule has 0 saturated carbocycles. The molecule has 4 N–H and O–H groups in total. The number of rotatable bonds is 8. The Balaban J connectivity index is 1.54. The van der Waals surface area contributed by atoms with Gasteiger partial charge in [-0.2, -0.15) is 0 Å². The molecule has 0 aliphatic rings. The Morgan fingerprint density at radius 2 is 1.91 bits per heavy atom. The van der Waals surface area contributed by atoms with Crippen LogP contribution >= 0.6 is 0 Å². The highest BCUT2D eigenvalue weighted by atomic mass is 16.4. The quantitative estimate of drug-likeness (QED) is 0.313. The van der Waals surface area contributed by atoms with Crippen molar-refractivity contribution >= 4 is 39.7 Å². The summed E-state index contributed by atoms with van der Waals surface area (Å²) in [5, 5.41) is 21.7. The summed E-state index contributed by atoms with van der Waals surface area (Å²) >= 11 is 0. The molecule has 10 heteroatoms. The fourth-order valence-electron chi connectivity index (χ4n) is 3.84. The number of aromatic nitrogens is 3. The number of carbonyl (C=O) groups excluding carboxylic acids is 1. The van der Waals surface area contributed by atoms with Crippen molar-refractivity contribution in [1.29, 1.82) is 0 Å². The standard InChI is InChI=1S/C24H22N4O6/c1-13-25-18-4-2-14(10-17(18)23(32)26-13)12-28-9-8-15-11-16(3-6-20(15)28)22(31)27-19(24(33)34)5-7-21(29)30/h2-4,6,8-11,19H,5,7,12H2,1H3,(H,27,31)(H,29,30)(H,33,34)(H,25,26,32)/t19-/m0/s1. The molecule has 4 aromatic rings. The van der Waals surface area contributed by atoms with E-state index in [2.05, 4.69) is 15.3 Å². The molecule has 2 aromatic carbocycles. The Morgan fingerprint density at radius 3 is 2.65 bits per heavy atom. The molecular formula is C24H22N4O6. The van der Waals surface area contributed by atoms with Crippen LogP contribution in [0.25, 0.3) is 21.8 Å². The molecule has 0 aliphatic carbocycles. The molecular weight excluding hydrogens is 440 g/mol. The van der Waals surface area contributed by atoms with Gasteiger partial charge in [0.05, 0.1) is 10.9 Å². The lowest BCUT2D eigenvalue weighted by atomic mass is 10.1. The Bertz CT molecular complexity index is 1490. The van der Waals surface area contributed by atoms with Gasteiger partial charge >= 0.3 is 11.9 Å². The molecule has 1 amide bonds. The predicted molar refractivity (Wildman–Crippen MR) is 124 cm³/mol. The van der Waals surface area contributed by atoms with Gasteiger partial charge in [-0.25, -0.2) is 9.78 Å². The van der Waals surface area contributed by atoms with Crippen LogP contribution in [0.3, 0.4) is 0 Å². The van der Waals surface area contributed by atoms with Crippen LogP contribution in [0.15, 0.2) is 53.5 Å². The first kappa shape index (κ1) is 22.7. The first-order chi connectivity index (χ1) is 16.2. The number of carboxylic acids is 2. The average Bonchev–Trinajstić information content (AvgIpc) is 3.18. The lowest BCUT2D eigenvalue weighted by Gasteiger charge is -2.14. The first-order valence-corrected chi connectivity index (χ1v) is 10.5. The smallest absolute Gasteiger partial charge is 0.326 e. The van der Waals surface area contributed by atoms with Crippen LogP contribution in [0.1, 0.15) is 34.6 Å². The van der Waals surface area contributed by atoms with Crippen LogP contribution in [0.5, 0.6) is 0 Å². The molecule has 2 aromatic heterocycles. The van der Waals surface area contributed by atoms with E-state index >= 15 is 0 Å². The van der Waals surface area contributed by atoms with E-state index in [0.717, 1.165) is 16.5 Å². The minimum absolute atomic E-state index is 0.194. The van der Waals surface area contributed by atoms with Crippen molar-refractivity contribution in [3.05, 3.63) is 76.0 Å². The van der Waals surface area contributed by atoms with Gasteiger partial charge in [-0.1, -0.05) is 6.07 Å². The predicted octanol–water partition coefficient (Wildman–Crippen LogP) is 2.28. The molecule has 0 fully saturated rings. The topological polar surface area (TPSA) is 154 Å². The van der Waals surface area contributed by atoms with Crippen molar-refractivity contribution in [3.63, 3.8) is 0 Å². The lowest BCUT2D eigenvalue weighted by molar-refractivity contribution is -0.140. The van der Waals surface area contributed by atoms with Gasteiger partial charge in [0.1, 0.15) is 11.9 Å². The zero-order chi connectivity index (χ0) is 24.4. The molecule has 1 atom stereocenters. The maximum absolute atomic E-state index is 12.6. The number of carbonyl (C=O) groups is 3. The Labute approximate surface area is 192 Å². The Hall–Kier alpha value is -4.47. The second kappa shape index (κ2) is 9.18. The maximum atomic E-state index is 12.6. The van der Waals surface area contributed by atoms with E-state index in [0.29, 0.717) is 23.3 Å². The number of benzene rings is 2. The van der Waals surface area contributed by atoms with Crippen LogP contribution in [0.2, 0.25) is 0 Å². The van der Waals surface area contributed by atoms with Gasteiger partial charge in [0.2, 0.25) is 0 Å². The monoisotopic (exact) mass is 462 g/mol. The van der Waals surface area contributed by atoms with Crippen molar-refractivity contribution in [2.24, 2.45) is 0 Å². The third-order valence-electron chi connectivity index (χ3n) is 5.52. The number of H-pyrrole nitrogens is 1. The fourth-order valence-corrected chi connectivity index (χ4v) is 3.84. The lowest BCUT2D eigenvalue weighted by Crippen LogP contribution is -2.41. The zero-order valence-electron chi connectivity index (χ0n) is 18.2. The zero-order valence-corrected chi connectivity index (χ0v) is 18.2. The van der Waals surface area contributed by atoms with Gasteiger partial charge in [0.15, 0.2) is 0 Å². The molecule has 10 nitrogen and oxygen atoms in total. The normalized spacial score (nSPS) is 12.0. The number of aliphatic carboxylic acids is 2. The van der Waals surface area contributed by atoms with Crippen molar-refractivity contribution in [3.8, 4) is 0 Å². The molecule has 34 heavy (non-hydrogen) atoms. The summed E-state index contributed by atoms with van der Waals surface area (Å²) < 4.78 is 1.97. The largest absolute Gasteiger partial charge is 0.481 e. The second-order valence-corrected chi connectivity index (χ2v) is 8.02. The van der Waals surface area contributed by atoms with E-state index in [9.17, 15) is 24.3 Å². The Kier molecular flexibility index (Phi) is 6.13. The summed E-state index contributed by atoms with van der Waals surface area (Å²) in [5.41, 5.74) is 2.46. The van der Waals surface area contributed by atoms with Gasteiger partial charge in [0, 0.05) is 35.6 Å². The third-order valence-corrected chi connectivity index (χ3v) is 5.52. The van der Waals surface area contributed by atoms with Crippen molar-refractivity contribution in [2.45, 2.75) is 32.4 Å². The number of hydrogen-bond donors (Lipinski definition) is 4. The summed E-state index contributed by atoms with van der Waals surface area (Å²) in [6, 6.07) is 11.1. The molecule has 0 saturated heterocycles. The number of fused-ring (bicyclic) bond motifs is 2. The van der Waals surface area contributed by atoms with E-state index in [1.165, 1.54) is 0 Å². The van der Waals surface area contributed by atoms with E-state index in [1.807, 2.05) is 29.0 Å². The van der Waals surface area contributed by atoms with Gasteiger partial charge in [-0.3, -0.25) is 14.4 Å². The number of nitrogens with one attached hydrogen (secondary N) is 2. The van der Waals surface area contributed by atoms with Crippen molar-refractivity contribution in [2.75, 3.05) is 0 Å². The number of amides is 1. The van der Waals surface area contributed by atoms with Gasteiger partial charge in [0.25, 0.3) is 11.5 Å². The highest BCUT2D eigenvalue weighted by Crippen LogP contribution is 2.20. The van der Waals surface area contributed by atoms with E-state index in [4.69, 9.17) is 5.11 Å². The molecule has 174 valence electrons. The average molecular weight is 462 g/mol. The third kappa shape index (κ3) is 4.80. The van der Waals surface area contributed by atoms with Gasteiger partial charge in [-0.05, 0) is 55.3 Å². The summed E-state index contributed by atoms with van der Waals surface area (Å²) in [5.74, 6) is -2.46. The van der Waals surface area contributed by atoms with E-state index < -0.39 is 23.9 Å². The molecule has 0 bridgehead atoms. The number of aromatic amines is 1. The van der Waals surface area contributed by atoms with Crippen molar-refractivity contribution in [1.82, 2.24) is 19.9 Å². The molecule has 0 unspecified atom stereocenters. The number of carboxylic acid groups (broad SMARTS) is 2. The van der Waals surface area contributed by atoms with Crippen LogP contribution in [0.4, 0.5) is 0 Å². The SMILES string of the molecule is Cc1nc2ccc(Cn3ccc4cc(C(=O)N[C@@H](CCC(=O)O)C(=O)O)ccc43)cc2c(=O)[nH]1. The van der Waals surface area contributed by atoms with Crippen LogP contribution in [0, 0.1) is 6.92 Å². The summed E-state index contributed by atoms with van der Waals surface area (Å²) in [6.07, 6.45) is 1.29. The van der Waals surface area contributed by atoms with Gasteiger partial charge in [-0.15, -0.1) is 0 Å². The summed E-state index contributed by atoms with van der Waals surface area (Å²) in [4.78, 5) is 53.9. The van der Waals surface area contributed by atoms with Crippen LogP contribution in [-0.4, -0.2) is 48.6 Å². The highest BCUT2D eigenvalue weighted by molar-refractivity contribution is 5.99. The molecule has 2 heterocycles. The Morgan fingerprint density at radius 1 is 1.12 bits per heavy atom.